The number of hydrogen-bond donors (Lipinski definition) is 1. The van der Waals surface area contributed by atoms with Gasteiger partial charge in [0.05, 0.1) is 5.71 Å². The normalized spacial score (nSPS) is 12.8. The van der Waals surface area contributed by atoms with Crippen molar-refractivity contribution in [2.45, 2.75) is 6.92 Å². The highest BCUT2D eigenvalue weighted by molar-refractivity contribution is 9.10. The van der Waals surface area contributed by atoms with Gasteiger partial charge >= 0.3 is 0 Å². The largest absolute Gasteiger partial charge is 0.454 e. The predicted molar refractivity (Wildman–Crippen MR) is 93.5 cm³/mol. The number of halogens is 1. The number of nitrogens with one attached hydrogen (secondary N) is 1. The third kappa shape index (κ3) is 4.05. The van der Waals surface area contributed by atoms with Crippen LogP contribution in [-0.2, 0) is 9.63 Å². The molecular formula is C17H15BrN2O4. The zero-order valence-electron chi connectivity index (χ0n) is 12.9. The van der Waals surface area contributed by atoms with Crippen molar-refractivity contribution >= 4 is 33.2 Å². The summed E-state index contributed by atoms with van der Waals surface area (Å²) in [5, 5.41) is 6.69. The van der Waals surface area contributed by atoms with Gasteiger partial charge in [0, 0.05) is 15.7 Å². The van der Waals surface area contributed by atoms with Crippen molar-refractivity contribution in [3.05, 3.63) is 52.5 Å². The van der Waals surface area contributed by atoms with Gasteiger partial charge in [-0.15, -0.1) is 0 Å². The van der Waals surface area contributed by atoms with Gasteiger partial charge in [-0.3, -0.25) is 4.79 Å². The van der Waals surface area contributed by atoms with Crippen molar-refractivity contribution in [3.8, 4) is 11.5 Å². The molecule has 0 saturated carbocycles. The molecule has 0 bridgehead atoms. The Hall–Kier alpha value is -2.54. The van der Waals surface area contributed by atoms with Crippen molar-refractivity contribution in [1.29, 1.82) is 0 Å². The van der Waals surface area contributed by atoms with Crippen LogP contribution in [0.5, 0.6) is 11.5 Å². The summed E-state index contributed by atoms with van der Waals surface area (Å²) in [6.07, 6.45) is 0. The lowest BCUT2D eigenvalue weighted by atomic mass is 10.1. The molecule has 0 aliphatic carbocycles. The van der Waals surface area contributed by atoms with E-state index in [0.717, 1.165) is 10.0 Å². The van der Waals surface area contributed by atoms with Crippen molar-refractivity contribution in [3.63, 3.8) is 0 Å². The first-order valence-electron chi connectivity index (χ1n) is 7.24. The van der Waals surface area contributed by atoms with Crippen LogP contribution in [0, 0.1) is 0 Å². The van der Waals surface area contributed by atoms with Crippen molar-refractivity contribution < 1.29 is 19.1 Å². The molecular weight excluding hydrogens is 376 g/mol. The number of amides is 1. The van der Waals surface area contributed by atoms with Gasteiger partial charge in [-0.2, -0.15) is 0 Å². The lowest BCUT2D eigenvalue weighted by Gasteiger charge is -2.05. The van der Waals surface area contributed by atoms with Gasteiger partial charge < -0.3 is 19.6 Å². The topological polar surface area (TPSA) is 69.2 Å². The second kappa shape index (κ2) is 7.35. The van der Waals surface area contributed by atoms with E-state index >= 15 is 0 Å². The smallest absolute Gasteiger partial charge is 0.265 e. The molecule has 7 heteroatoms. The molecule has 1 amide bonds. The average Bonchev–Trinajstić information content (AvgIpc) is 3.04. The Balaban J connectivity index is 1.53. The fraction of sp³-hybridized carbons (Fsp3) is 0.176. The van der Waals surface area contributed by atoms with Gasteiger partial charge in [0.15, 0.2) is 18.1 Å². The van der Waals surface area contributed by atoms with Crippen LogP contribution in [0.1, 0.15) is 12.5 Å². The van der Waals surface area contributed by atoms with Gasteiger partial charge in [0.25, 0.3) is 5.91 Å². The van der Waals surface area contributed by atoms with E-state index < -0.39 is 0 Å². The van der Waals surface area contributed by atoms with Crippen molar-refractivity contribution in [1.82, 2.24) is 0 Å². The van der Waals surface area contributed by atoms with Crippen LogP contribution in [-0.4, -0.2) is 25.0 Å². The molecule has 0 fully saturated rings. The zero-order valence-corrected chi connectivity index (χ0v) is 14.5. The van der Waals surface area contributed by atoms with E-state index in [4.69, 9.17) is 14.3 Å². The first-order chi connectivity index (χ1) is 11.6. The summed E-state index contributed by atoms with van der Waals surface area (Å²) in [7, 11) is 0. The molecule has 0 unspecified atom stereocenters. The Morgan fingerprint density at radius 1 is 1.21 bits per heavy atom. The summed E-state index contributed by atoms with van der Waals surface area (Å²) >= 11 is 3.34. The summed E-state index contributed by atoms with van der Waals surface area (Å²) in [6.45, 7) is 1.85. The number of carbonyl (C=O) groups excluding carboxylic acids is 1. The molecule has 1 N–H and O–H groups in total. The molecule has 0 aromatic heterocycles. The predicted octanol–water partition coefficient (Wildman–Crippen LogP) is 3.56. The fourth-order valence-electron chi connectivity index (χ4n) is 2.09. The molecule has 6 nitrogen and oxygen atoms in total. The lowest BCUT2D eigenvalue weighted by Crippen LogP contribution is -2.17. The van der Waals surface area contributed by atoms with Crippen LogP contribution in [0.25, 0.3) is 0 Å². The van der Waals surface area contributed by atoms with E-state index in [9.17, 15) is 4.79 Å². The highest BCUT2D eigenvalue weighted by Gasteiger charge is 2.14. The van der Waals surface area contributed by atoms with Crippen LogP contribution in [0.4, 0.5) is 5.69 Å². The Morgan fingerprint density at radius 3 is 2.75 bits per heavy atom. The molecule has 0 atom stereocenters. The van der Waals surface area contributed by atoms with E-state index in [2.05, 4.69) is 26.4 Å². The Kier molecular flexibility index (Phi) is 5.00. The van der Waals surface area contributed by atoms with Crippen molar-refractivity contribution in [2.75, 3.05) is 18.7 Å². The number of fused-ring (bicyclic) bond motifs is 1. The summed E-state index contributed by atoms with van der Waals surface area (Å²) in [4.78, 5) is 16.9. The number of benzene rings is 2. The maximum absolute atomic E-state index is 11.8. The molecule has 3 rings (SSSR count). The number of anilines is 1. The first-order valence-corrected chi connectivity index (χ1v) is 8.03. The molecule has 0 saturated heterocycles. The number of hydrogen-bond acceptors (Lipinski definition) is 5. The number of ether oxygens (including phenoxy) is 2. The van der Waals surface area contributed by atoms with E-state index in [1.165, 1.54) is 0 Å². The molecule has 24 heavy (non-hydrogen) atoms. The van der Waals surface area contributed by atoms with Gasteiger partial charge in [-0.25, -0.2) is 0 Å². The van der Waals surface area contributed by atoms with Crippen LogP contribution < -0.4 is 14.8 Å². The highest BCUT2D eigenvalue weighted by atomic mass is 79.9. The molecule has 1 aliphatic rings. The van der Waals surface area contributed by atoms with Crippen LogP contribution in [0.15, 0.2) is 52.1 Å². The molecule has 1 aliphatic heterocycles. The lowest BCUT2D eigenvalue weighted by molar-refractivity contribution is -0.120. The number of oxime groups is 1. The number of rotatable bonds is 5. The minimum atomic E-state index is -0.278. The maximum Gasteiger partial charge on any atom is 0.265 e. The molecule has 2 aromatic carbocycles. The molecule has 124 valence electrons. The molecule has 2 aromatic rings. The van der Waals surface area contributed by atoms with Crippen LogP contribution in [0.2, 0.25) is 0 Å². The number of nitrogens with zero attached hydrogens (tertiary/aromatic N) is 1. The SMILES string of the molecule is C/C(=N\OCC(=O)Nc1ccc(Br)cc1)c1ccc2c(c1)OCO2. The number of carbonyl (C=O) groups is 1. The van der Waals surface area contributed by atoms with Gasteiger partial charge in [0.2, 0.25) is 6.79 Å². The van der Waals surface area contributed by atoms with Gasteiger partial charge in [-0.05, 0) is 49.4 Å². The fourth-order valence-corrected chi connectivity index (χ4v) is 2.36. The van der Waals surface area contributed by atoms with E-state index in [-0.39, 0.29) is 19.3 Å². The first kappa shape index (κ1) is 16.3. The van der Waals surface area contributed by atoms with Crippen LogP contribution >= 0.6 is 15.9 Å². The minimum absolute atomic E-state index is 0.169. The molecule has 0 radical (unpaired) electrons. The van der Waals surface area contributed by atoms with Crippen molar-refractivity contribution in [2.24, 2.45) is 5.16 Å². The third-order valence-corrected chi connectivity index (χ3v) is 3.84. The third-order valence-electron chi connectivity index (χ3n) is 3.32. The summed E-state index contributed by atoms with van der Waals surface area (Å²) < 4.78 is 11.5. The zero-order chi connectivity index (χ0) is 16.9. The second-order valence-corrected chi connectivity index (χ2v) is 5.99. The van der Waals surface area contributed by atoms with Crippen LogP contribution in [0.3, 0.4) is 0 Å². The quantitative estimate of drug-likeness (QED) is 0.625. The summed E-state index contributed by atoms with van der Waals surface area (Å²) in [5.74, 6) is 1.11. The van der Waals surface area contributed by atoms with Gasteiger partial charge in [0.1, 0.15) is 0 Å². The highest BCUT2D eigenvalue weighted by Crippen LogP contribution is 2.32. The Morgan fingerprint density at radius 2 is 1.96 bits per heavy atom. The Labute approximate surface area is 147 Å². The standard InChI is InChI=1S/C17H15BrN2O4/c1-11(12-2-7-15-16(8-12)23-10-22-15)20-24-9-17(21)19-14-5-3-13(18)4-6-14/h2-8H,9-10H2,1H3,(H,19,21)/b20-11+. The Bertz CT molecular complexity index is 775. The summed E-state index contributed by atoms with van der Waals surface area (Å²) in [6, 6.07) is 12.8. The average molecular weight is 391 g/mol. The molecule has 1 heterocycles. The summed E-state index contributed by atoms with van der Waals surface area (Å²) in [5.41, 5.74) is 2.18. The minimum Gasteiger partial charge on any atom is -0.454 e. The maximum atomic E-state index is 11.8. The van der Waals surface area contributed by atoms with E-state index in [0.29, 0.717) is 22.9 Å². The van der Waals surface area contributed by atoms with E-state index in [1.54, 1.807) is 19.1 Å². The van der Waals surface area contributed by atoms with E-state index in [1.807, 2.05) is 30.3 Å². The van der Waals surface area contributed by atoms with Gasteiger partial charge in [-0.1, -0.05) is 21.1 Å². The molecule has 0 spiro atoms. The second-order valence-electron chi connectivity index (χ2n) is 5.07. The monoisotopic (exact) mass is 390 g/mol.